The van der Waals surface area contributed by atoms with Crippen LogP contribution < -0.4 is 5.43 Å². The first kappa shape index (κ1) is 18.6. The van der Waals surface area contributed by atoms with E-state index in [0.29, 0.717) is 22.0 Å². The van der Waals surface area contributed by atoms with Crippen molar-refractivity contribution in [2.45, 2.75) is 13.8 Å². The topological polar surface area (TPSA) is 67.0 Å². The molecule has 4 rings (SSSR count). The Morgan fingerprint density at radius 2 is 1.21 bits per heavy atom. The van der Waals surface area contributed by atoms with Crippen molar-refractivity contribution in [3.05, 3.63) is 117 Å². The zero-order chi connectivity index (χ0) is 20.5. The summed E-state index contributed by atoms with van der Waals surface area (Å²) in [6.45, 7) is 3.85. The summed E-state index contributed by atoms with van der Waals surface area (Å²) in [5.74, 6) is -0.851. The second-order valence-electron chi connectivity index (χ2n) is 7.14. The van der Waals surface area contributed by atoms with Gasteiger partial charge in [0.2, 0.25) is 11.2 Å². The Hall–Kier alpha value is -3.79. The van der Waals surface area contributed by atoms with E-state index in [1.54, 1.807) is 48.5 Å². The van der Waals surface area contributed by atoms with Gasteiger partial charge in [0.05, 0.1) is 5.56 Å². The van der Waals surface area contributed by atoms with E-state index in [4.69, 9.17) is 0 Å². The lowest BCUT2D eigenvalue weighted by atomic mass is 9.95. The Morgan fingerprint density at radius 1 is 0.690 bits per heavy atom. The minimum Gasteiger partial charge on any atom is -0.351 e. The molecule has 1 N–H and O–H groups in total. The van der Waals surface area contributed by atoms with Crippen molar-refractivity contribution in [1.82, 2.24) is 4.98 Å². The molecule has 0 amide bonds. The molecule has 4 nitrogen and oxygen atoms in total. The first-order valence-corrected chi connectivity index (χ1v) is 9.33. The number of rotatable bonds is 4. The van der Waals surface area contributed by atoms with Gasteiger partial charge in [-0.05, 0) is 26.0 Å². The van der Waals surface area contributed by atoms with Gasteiger partial charge in [0.1, 0.15) is 5.69 Å². The molecule has 0 atom stereocenters. The highest BCUT2D eigenvalue weighted by atomic mass is 16.1. The first-order valence-electron chi connectivity index (χ1n) is 9.33. The van der Waals surface area contributed by atoms with Crippen molar-refractivity contribution in [1.29, 1.82) is 0 Å². The van der Waals surface area contributed by atoms with Crippen molar-refractivity contribution >= 4 is 22.5 Å². The maximum Gasteiger partial charge on any atom is 0.210 e. The SMILES string of the molecule is Cc1ccc(C(=O)c2[nH]c3ccccc3c(=O)c2C(=O)c2ccc(C)cc2)cc1. The zero-order valence-electron chi connectivity index (χ0n) is 16.2. The normalized spacial score (nSPS) is 10.8. The fourth-order valence-electron chi connectivity index (χ4n) is 3.32. The van der Waals surface area contributed by atoms with Gasteiger partial charge in [-0.1, -0.05) is 71.8 Å². The summed E-state index contributed by atoms with van der Waals surface area (Å²) in [5, 5.41) is 0.378. The summed E-state index contributed by atoms with van der Waals surface area (Å²) in [5.41, 5.74) is 2.78. The van der Waals surface area contributed by atoms with Crippen LogP contribution in [0.4, 0.5) is 0 Å². The number of para-hydroxylation sites is 1. The Bertz CT molecular complexity index is 1300. The van der Waals surface area contributed by atoms with Gasteiger partial charge in [-0.2, -0.15) is 0 Å². The van der Waals surface area contributed by atoms with Crippen LogP contribution in [0.5, 0.6) is 0 Å². The highest BCUT2D eigenvalue weighted by Gasteiger charge is 2.25. The summed E-state index contributed by atoms with van der Waals surface area (Å²) in [6, 6.07) is 20.9. The number of pyridine rings is 1. The fourth-order valence-corrected chi connectivity index (χ4v) is 3.32. The minimum absolute atomic E-state index is 0.0168. The van der Waals surface area contributed by atoms with Crippen molar-refractivity contribution in [2.75, 3.05) is 0 Å². The summed E-state index contributed by atoms with van der Waals surface area (Å²) < 4.78 is 0. The maximum atomic E-state index is 13.3. The van der Waals surface area contributed by atoms with Crippen LogP contribution in [-0.4, -0.2) is 16.6 Å². The van der Waals surface area contributed by atoms with E-state index >= 15 is 0 Å². The molecule has 0 spiro atoms. The molecule has 4 aromatic rings. The molecular formula is C25H19NO3. The van der Waals surface area contributed by atoms with E-state index in [0.717, 1.165) is 11.1 Å². The second-order valence-corrected chi connectivity index (χ2v) is 7.14. The lowest BCUT2D eigenvalue weighted by Gasteiger charge is -2.11. The molecule has 29 heavy (non-hydrogen) atoms. The number of H-pyrrole nitrogens is 1. The molecule has 0 aliphatic heterocycles. The average Bonchev–Trinajstić information content (AvgIpc) is 2.74. The summed E-state index contributed by atoms with van der Waals surface area (Å²) in [7, 11) is 0. The van der Waals surface area contributed by atoms with Crippen LogP contribution in [0, 0.1) is 13.8 Å². The predicted molar refractivity (Wildman–Crippen MR) is 114 cm³/mol. The monoisotopic (exact) mass is 381 g/mol. The summed E-state index contributed by atoms with van der Waals surface area (Å²) in [6.07, 6.45) is 0. The van der Waals surface area contributed by atoms with Crippen LogP contribution in [0.1, 0.15) is 43.1 Å². The number of aromatic nitrogens is 1. The van der Waals surface area contributed by atoms with E-state index in [1.807, 2.05) is 38.1 Å². The number of nitrogens with one attached hydrogen (secondary N) is 1. The Kier molecular flexibility index (Phi) is 4.69. The molecule has 0 radical (unpaired) electrons. The van der Waals surface area contributed by atoms with Crippen LogP contribution in [0.15, 0.2) is 77.6 Å². The molecule has 4 heteroatoms. The lowest BCUT2D eigenvalue weighted by molar-refractivity contribution is 0.0999. The molecule has 0 bridgehead atoms. The number of aromatic amines is 1. The van der Waals surface area contributed by atoms with E-state index in [9.17, 15) is 14.4 Å². The van der Waals surface area contributed by atoms with Gasteiger partial charge in [0.25, 0.3) is 0 Å². The Morgan fingerprint density at radius 3 is 1.79 bits per heavy atom. The van der Waals surface area contributed by atoms with Gasteiger partial charge < -0.3 is 4.98 Å². The van der Waals surface area contributed by atoms with Crippen LogP contribution in [0.2, 0.25) is 0 Å². The highest BCUT2D eigenvalue weighted by Crippen LogP contribution is 2.19. The lowest BCUT2D eigenvalue weighted by Crippen LogP contribution is -2.24. The molecule has 142 valence electrons. The van der Waals surface area contributed by atoms with Crippen LogP contribution in [0.3, 0.4) is 0 Å². The number of hydrogen-bond donors (Lipinski definition) is 1. The number of hydrogen-bond acceptors (Lipinski definition) is 3. The number of ketones is 2. The van der Waals surface area contributed by atoms with Gasteiger partial charge in [-0.25, -0.2) is 0 Å². The molecule has 0 saturated heterocycles. The average molecular weight is 381 g/mol. The highest BCUT2D eigenvalue weighted by molar-refractivity contribution is 6.19. The van der Waals surface area contributed by atoms with Gasteiger partial charge in [0, 0.05) is 22.0 Å². The maximum absolute atomic E-state index is 13.3. The number of benzene rings is 3. The third-order valence-corrected chi connectivity index (χ3v) is 4.99. The standard InChI is InChI=1S/C25H19NO3/c1-15-7-11-17(12-8-15)23(27)21-22(24(28)18-13-9-16(2)10-14-18)26-20-6-4-3-5-19(20)25(21)29/h3-14H,1-2H3,(H,26,29). The van der Waals surface area contributed by atoms with Crippen LogP contribution in [0.25, 0.3) is 10.9 Å². The number of fused-ring (bicyclic) bond motifs is 1. The van der Waals surface area contributed by atoms with Crippen molar-refractivity contribution in [3.8, 4) is 0 Å². The van der Waals surface area contributed by atoms with Crippen molar-refractivity contribution in [3.63, 3.8) is 0 Å². The largest absolute Gasteiger partial charge is 0.351 e. The quantitative estimate of drug-likeness (QED) is 0.525. The van der Waals surface area contributed by atoms with Crippen molar-refractivity contribution < 1.29 is 9.59 Å². The van der Waals surface area contributed by atoms with E-state index in [-0.39, 0.29) is 17.0 Å². The summed E-state index contributed by atoms with van der Waals surface area (Å²) >= 11 is 0. The molecule has 0 fully saturated rings. The smallest absolute Gasteiger partial charge is 0.210 e. The molecule has 3 aromatic carbocycles. The Balaban J connectivity index is 1.97. The third kappa shape index (κ3) is 3.41. The molecule has 1 heterocycles. The van der Waals surface area contributed by atoms with Crippen LogP contribution in [-0.2, 0) is 0 Å². The molecule has 0 aliphatic carbocycles. The van der Waals surface area contributed by atoms with Crippen LogP contribution >= 0.6 is 0 Å². The molecular weight excluding hydrogens is 362 g/mol. The van der Waals surface area contributed by atoms with Gasteiger partial charge in [-0.15, -0.1) is 0 Å². The Labute approximate surface area is 167 Å². The minimum atomic E-state index is -0.465. The van der Waals surface area contributed by atoms with Gasteiger partial charge >= 0.3 is 0 Å². The van der Waals surface area contributed by atoms with Gasteiger partial charge in [-0.3, -0.25) is 14.4 Å². The summed E-state index contributed by atoms with van der Waals surface area (Å²) in [4.78, 5) is 42.8. The number of carbonyl (C=O) groups is 2. The second kappa shape index (κ2) is 7.32. The van der Waals surface area contributed by atoms with E-state index in [1.165, 1.54) is 0 Å². The van der Waals surface area contributed by atoms with Crippen molar-refractivity contribution in [2.24, 2.45) is 0 Å². The predicted octanol–water partition coefficient (Wildman–Crippen LogP) is 4.61. The number of carbonyl (C=O) groups excluding carboxylic acids is 2. The molecule has 0 saturated carbocycles. The van der Waals surface area contributed by atoms with E-state index in [2.05, 4.69) is 4.98 Å². The number of aryl methyl sites for hydroxylation is 2. The van der Waals surface area contributed by atoms with E-state index < -0.39 is 11.2 Å². The van der Waals surface area contributed by atoms with Gasteiger partial charge in [0.15, 0.2) is 5.78 Å². The first-order chi connectivity index (χ1) is 14.0. The zero-order valence-corrected chi connectivity index (χ0v) is 16.2. The fraction of sp³-hybridized carbons (Fsp3) is 0.0800. The third-order valence-electron chi connectivity index (χ3n) is 4.99. The molecule has 1 aromatic heterocycles. The molecule has 0 aliphatic rings. The molecule has 0 unspecified atom stereocenters.